The van der Waals surface area contributed by atoms with Crippen molar-refractivity contribution in [2.75, 3.05) is 7.11 Å². The smallest absolute Gasteiger partial charge is 0.123 e. The summed E-state index contributed by atoms with van der Waals surface area (Å²) in [5.41, 5.74) is 2.25. The van der Waals surface area contributed by atoms with Gasteiger partial charge in [-0.25, -0.2) is 4.39 Å². The van der Waals surface area contributed by atoms with Crippen LogP contribution in [-0.4, -0.2) is 13.3 Å². The highest BCUT2D eigenvalue weighted by atomic mass is 35.5. The van der Waals surface area contributed by atoms with E-state index in [0.717, 1.165) is 17.0 Å². The maximum absolute atomic E-state index is 13.4. The van der Waals surface area contributed by atoms with E-state index in [0.29, 0.717) is 10.6 Å². The Morgan fingerprint density at radius 2 is 1.86 bits per heavy atom. The molecule has 0 atom stereocenters. The summed E-state index contributed by atoms with van der Waals surface area (Å²) in [5.74, 6) is 0.455. The van der Waals surface area contributed by atoms with Gasteiger partial charge in [0.15, 0.2) is 0 Å². The van der Waals surface area contributed by atoms with Crippen LogP contribution in [0.5, 0.6) is 5.75 Å². The van der Waals surface area contributed by atoms with Gasteiger partial charge >= 0.3 is 0 Å². The zero-order valence-corrected chi connectivity index (χ0v) is 12.6. The summed E-state index contributed by atoms with van der Waals surface area (Å²) in [6.45, 7) is 1.77. The Hall–Kier alpha value is -2.13. The molecule has 0 fully saturated rings. The van der Waals surface area contributed by atoms with Gasteiger partial charge in [-0.05, 0) is 55.0 Å². The zero-order valence-electron chi connectivity index (χ0n) is 11.8. The summed E-state index contributed by atoms with van der Waals surface area (Å²) in [4.78, 5) is 4.34. The number of ether oxygens (including phenoxy) is 1. The monoisotopic (exact) mass is 303 g/mol. The van der Waals surface area contributed by atoms with Crippen molar-refractivity contribution in [3.05, 3.63) is 64.4 Å². The third-order valence-corrected chi connectivity index (χ3v) is 2.94. The summed E-state index contributed by atoms with van der Waals surface area (Å²) in [6, 6.07) is 11.8. The number of hydrogen-bond donors (Lipinski definition) is 0. The molecular formula is C17H15ClFNO. The van der Waals surface area contributed by atoms with Gasteiger partial charge in [0.05, 0.1) is 12.8 Å². The van der Waals surface area contributed by atoms with Crippen LogP contribution in [0.4, 0.5) is 10.1 Å². The van der Waals surface area contributed by atoms with E-state index in [-0.39, 0.29) is 5.82 Å². The zero-order chi connectivity index (χ0) is 15.2. The first kappa shape index (κ1) is 15.3. The van der Waals surface area contributed by atoms with Crippen molar-refractivity contribution in [2.45, 2.75) is 6.92 Å². The van der Waals surface area contributed by atoms with Gasteiger partial charge in [0, 0.05) is 16.8 Å². The van der Waals surface area contributed by atoms with Gasteiger partial charge in [0.1, 0.15) is 11.6 Å². The van der Waals surface area contributed by atoms with E-state index in [1.54, 1.807) is 32.4 Å². The number of methoxy groups -OCH3 is 1. The van der Waals surface area contributed by atoms with Gasteiger partial charge in [-0.1, -0.05) is 17.7 Å². The Morgan fingerprint density at radius 1 is 1.14 bits per heavy atom. The predicted molar refractivity (Wildman–Crippen MR) is 86.2 cm³/mol. The molecule has 108 valence electrons. The van der Waals surface area contributed by atoms with Crippen LogP contribution in [0.2, 0.25) is 0 Å². The molecular weight excluding hydrogens is 289 g/mol. The molecule has 0 saturated carbocycles. The summed E-state index contributed by atoms with van der Waals surface area (Å²) in [6.07, 6.45) is 3.40. The summed E-state index contributed by atoms with van der Waals surface area (Å²) in [5, 5.41) is 0.626. The van der Waals surface area contributed by atoms with Crippen molar-refractivity contribution in [1.82, 2.24) is 0 Å². The van der Waals surface area contributed by atoms with Crippen LogP contribution >= 0.6 is 11.6 Å². The number of hydrogen-bond acceptors (Lipinski definition) is 2. The molecule has 0 aromatic heterocycles. The van der Waals surface area contributed by atoms with Crippen molar-refractivity contribution in [3.63, 3.8) is 0 Å². The van der Waals surface area contributed by atoms with Crippen molar-refractivity contribution >= 4 is 29.6 Å². The van der Waals surface area contributed by atoms with E-state index in [9.17, 15) is 4.39 Å². The molecule has 0 unspecified atom stereocenters. The first-order valence-electron chi connectivity index (χ1n) is 6.40. The van der Waals surface area contributed by atoms with Gasteiger partial charge in [-0.15, -0.1) is 0 Å². The third kappa shape index (κ3) is 4.43. The maximum atomic E-state index is 13.4. The standard InChI is InChI=1S/C17H15ClFNO/c1-12(18)9-13-3-4-15(19)10-14(13)11-20-16-5-7-17(21-2)8-6-16/h3-11H,1-2H3/b12-9-,20-11?. The second-order valence-corrected chi connectivity index (χ2v) is 5.06. The number of rotatable bonds is 4. The molecule has 0 aliphatic carbocycles. The molecule has 0 N–H and O–H groups in total. The summed E-state index contributed by atoms with van der Waals surface area (Å²) in [7, 11) is 1.61. The Kier molecular flexibility index (Phi) is 5.12. The van der Waals surface area contributed by atoms with Crippen LogP contribution in [0.15, 0.2) is 52.5 Å². The Morgan fingerprint density at radius 3 is 2.48 bits per heavy atom. The van der Waals surface area contributed by atoms with E-state index in [2.05, 4.69) is 4.99 Å². The summed E-state index contributed by atoms with van der Waals surface area (Å²) < 4.78 is 18.5. The fourth-order valence-corrected chi connectivity index (χ4v) is 1.93. The normalized spacial score (nSPS) is 11.9. The number of allylic oxidation sites excluding steroid dienone is 1. The van der Waals surface area contributed by atoms with E-state index in [4.69, 9.17) is 16.3 Å². The largest absolute Gasteiger partial charge is 0.497 e. The van der Waals surface area contributed by atoms with E-state index >= 15 is 0 Å². The van der Waals surface area contributed by atoms with E-state index in [1.807, 2.05) is 24.3 Å². The molecule has 0 heterocycles. The Balaban J connectivity index is 2.30. The molecule has 0 saturated heterocycles. The minimum atomic E-state index is -0.310. The maximum Gasteiger partial charge on any atom is 0.123 e. The van der Waals surface area contributed by atoms with Crippen LogP contribution in [0.3, 0.4) is 0 Å². The second-order valence-electron chi connectivity index (χ2n) is 4.46. The van der Waals surface area contributed by atoms with Crippen LogP contribution in [0, 0.1) is 5.82 Å². The highest BCUT2D eigenvalue weighted by Gasteiger charge is 2.01. The molecule has 0 aliphatic heterocycles. The lowest BCUT2D eigenvalue weighted by molar-refractivity contribution is 0.415. The minimum Gasteiger partial charge on any atom is -0.497 e. The van der Waals surface area contributed by atoms with Crippen molar-refractivity contribution in [2.24, 2.45) is 4.99 Å². The minimum absolute atomic E-state index is 0.310. The number of benzene rings is 2. The fraction of sp³-hybridized carbons (Fsp3) is 0.118. The van der Waals surface area contributed by atoms with Gasteiger partial charge < -0.3 is 4.74 Å². The van der Waals surface area contributed by atoms with E-state index < -0.39 is 0 Å². The topological polar surface area (TPSA) is 21.6 Å². The fourth-order valence-electron chi connectivity index (χ4n) is 1.82. The first-order valence-corrected chi connectivity index (χ1v) is 6.78. The molecule has 2 rings (SSSR count). The van der Waals surface area contributed by atoms with Crippen molar-refractivity contribution in [1.29, 1.82) is 0 Å². The van der Waals surface area contributed by atoms with Gasteiger partial charge in [-0.3, -0.25) is 4.99 Å². The molecule has 21 heavy (non-hydrogen) atoms. The van der Waals surface area contributed by atoms with Crippen LogP contribution in [0.25, 0.3) is 6.08 Å². The Labute approximate surface area is 128 Å². The highest BCUT2D eigenvalue weighted by Crippen LogP contribution is 2.19. The lowest BCUT2D eigenvalue weighted by atomic mass is 10.1. The van der Waals surface area contributed by atoms with Crippen LogP contribution in [-0.2, 0) is 0 Å². The third-order valence-electron chi connectivity index (χ3n) is 2.83. The predicted octanol–water partition coefficient (Wildman–Crippen LogP) is 5.18. The molecule has 0 spiro atoms. The average Bonchev–Trinajstić information content (AvgIpc) is 2.47. The molecule has 0 aliphatic rings. The van der Waals surface area contributed by atoms with E-state index in [1.165, 1.54) is 12.1 Å². The summed E-state index contributed by atoms with van der Waals surface area (Å²) >= 11 is 5.88. The number of nitrogens with zero attached hydrogens (tertiary/aromatic N) is 1. The van der Waals surface area contributed by atoms with Gasteiger partial charge in [0.25, 0.3) is 0 Å². The average molecular weight is 304 g/mol. The second kappa shape index (κ2) is 7.04. The molecule has 2 nitrogen and oxygen atoms in total. The van der Waals surface area contributed by atoms with Crippen LogP contribution in [0.1, 0.15) is 18.1 Å². The molecule has 0 bridgehead atoms. The Bertz CT molecular complexity index is 674. The van der Waals surface area contributed by atoms with Gasteiger partial charge in [-0.2, -0.15) is 0 Å². The number of aliphatic imine (C=N–C) groups is 1. The number of halogens is 2. The first-order chi connectivity index (χ1) is 10.1. The quantitative estimate of drug-likeness (QED) is 0.713. The van der Waals surface area contributed by atoms with Gasteiger partial charge in [0.2, 0.25) is 0 Å². The molecule has 4 heteroatoms. The lowest BCUT2D eigenvalue weighted by Gasteiger charge is -2.02. The molecule has 0 amide bonds. The molecule has 0 radical (unpaired) electrons. The molecule has 2 aromatic carbocycles. The SMILES string of the molecule is COc1ccc(N=Cc2cc(F)ccc2/C=C(/C)Cl)cc1. The lowest BCUT2D eigenvalue weighted by Crippen LogP contribution is -1.89. The molecule has 2 aromatic rings. The van der Waals surface area contributed by atoms with Crippen LogP contribution < -0.4 is 4.74 Å². The van der Waals surface area contributed by atoms with Crippen molar-refractivity contribution in [3.8, 4) is 5.75 Å². The van der Waals surface area contributed by atoms with Crippen molar-refractivity contribution < 1.29 is 9.13 Å². The highest BCUT2D eigenvalue weighted by molar-refractivity contribution is 6.31.